The summed E-state index contributed by atoms with van der Waals surface area (Å²) in [5, 5.41) is 11.7. The van der Waals surface area contributed by atoms with Crippen LogP contribution < -0.4 is 10.1 Å². The molecule has 1 heterocycles. The number of aromatic nitrogens is 3. The fourth-order valence-electron chi connectivity index (χ4n) is 2.57. The molecule has 8 heteroatoms. The molecule has 6 nitrogen and oxygen atoms in total. The van der Waals surface area contributed by atoms with Gasteiger partial charge in [-0.3, -0.25) is 9.36 Å². The average Bonchev–Trinajstić information content (AvgIpc) is 3.09. The molecule has 0 unspecified atom stereocenters. The van der Waals surface area contributed by atoms with Gasteiger partial charge in [0, 0.05) is 12.2 Å². The summed E-state index contributed by atoms with van der Waals surface area (Å²) in [6.45, 7) is 6.51. The van der Waals surface area contributed by atoms with Gasteiger partial charge in [0.2, 0.25) is 5.91 Å². The van der Waals surface area contributed by atoms with Crippen molar-refractivity contribution in [3.63, 3.8) is 0 Å². The van der Waals surface area contributed by atoms with Crippen LogP contribution in [0.1, 0.15) is 11.4 Å². The van der Waals surface area contributed by atoms with E-state index in [0.29, 0.717) is 23.2 Å². The molecule has 29 heavy (non-hydrogen) atoms. The topological polar surface area (TPSA) is 69.0 Å². The van der Waals surface area contributed by atoms with Crippen molar-refractivity contribution in [3.8, 4) is 5.75 Å². The highest BCUT2D eigenvalue weighted by Gasteiger charge is 2.14. The van der Waals surface area contributed by atoms with Gasteiger partial charge >= 0.3 is 0 Å². The Bertz CT molecular complexity index is 989. The number of nitrogens with zero attached hydrogens (tertiary/aromatic N) is 3. The molecule has 0 aliphatic heterocycles. The Morgan fingerprint density at radius 1 is 1.24 bits per heavy atom. The van der Waals surface area contributed by atoms with Crippen LogP contribution in [0, 0.1) is 12.7 Å². The lowest BCUT2D eigenvalue weighted by Crippen LogP contribution is -2.15. The van der Waals surface area contributed by atoms with Crippen molar-refractivity contribution >= 4 is 23.4 Å². The van der Waals surface area contributed by atoms with Gasteiger partial charge in [-0.2, -0.15) is 0 Å². The molecule has 0 saturated carbocycles. The maximum atomic E-state index is 13.0. The number of hydrogen-bond donors (Lipinski definition) is 1. The van der Waals surface area contributed by atoms with E-state index in [1.54, 1.807) is 6.08 Å². The minimum Gasteiger partial charge on any atom is -0.485 e. The van der Waals surface area contributed by atoms with Gasteiger partial charge in [-0.1, -0.05) is 36.0 Å². The van der Waals surface area contributed by atoms with E-state index in [1.807, 2.05) is 35.8 Å². The lowest BCUT2D eigenvalue weighted by atomic mass is 10.2. The quantitative estimate of drug-likeness (QED) is 0.421. The largest absolute Gasteiger partial charge is 0.485 e. The summed E-state index contributed by atoms with van der Waals surface area (Å²) in [7, 11) is 0. The molecule has 2 aromatic carbocycles. The molecule has 0 atom stereocenters. The van der Waals surface area contributed by atoms with Gasteiger partial charge in [-0.05, 0) is 42.8 Å². The maximum Gasteiger partial charge on any atom is 0.234 e. The summed E-state index contributed by atoms with van der Waals surface area (Å²) in [5.74, 6) is 1.01. The second-order valence-corrected chi connectivity index (χ2v) is 7.14. The Balaban J connectivity index is 1.61. The van der Waals surface area contributed by atoms with Crippen molar-refractivity contribution in [2.75, 3.05) is 11.1 Å². The maximum absolute atomic E-state index is 13.0. The molecule has 150 valence electrons. The molecule has 1 N–H and O–H groups in total. The number of benzene rings is 2. The van der Waals surface area contributed by atoms with E-state index in [1.165, 1.54) is 36.0 Å². The first-order valence-electron chi connectivity index (χ1n) is 8.96. The second kappa shape index (κ2) is 9.88. The Morgan fingerprint density at radius 3 is 2.72 bits per heavy atom. The van der Waals surface area contributed by atoms with Gasteiger partial charge in [0.1, 0.15) is 18.2 Å². The lowest BCUT2D eigenvalue weighted by molar-refractivity contribution is -0.113. The van der Waals surface area contributed by atoms with E-state index in [0.717, 1.165) is 11.3 Å². The minimum absolute atomic E-state index is 0.144. The average molecular weight is 412 g/mol. The van der Waals surface area contributed by atoms with Crippen LogP contribution in [0.3, 0.4) is 0 Å². The lowest BCUT2D eigenvalue weighted by Gasteiger charge is -2.10. The predicted octanol–water partition coefficient (Wildman–Crippen LogP) is 4.22. The van der Waals surface area contributed by atoms with Crippen molar-refractivity contribution in [2.24, 2.45) is 0 Å². The summed E-state index contributed by atoms with van der Waals surface area (Å²) in [6, 6.07) is 13.4. The van der Waals surface area contributed by atoms with Gasteiger partial charge in [-0.15, -0.1) is 16.8 Å². The molecular weight excluding hydrogens is 391 g/mol. The summed E-state index contributed by atoms with van der Waals surface area (Å²) < 4.78 is 20.7. The first kappa shape index (κ1) is 20.6. The third kappa shape index (κ3) is 5.68. The zero-order valence-corrected chi connectivity index (χ0v) is 16.8. The number of amides is 1. The predicted molar refractivity (Wildman–Crippen MR) is 111 cm³/mol. The zero-order valence-electron chi connectivity index (χ0n) is 16.0. The Kier molecular flexibility index (Phi) is 7.02. The van der Waals surface area contributed by atoms with Crippen LogP contribution in [-0.4, -0.2) is 26.4 Å². The Hall–Kier alpha value is -3.13. The van der Waals surface area contributed by atoms with Crippen LogP contribution >= 0.6 is 11.8 Å². The Labute approximate surface area is 172 Å². The van der Waals surface area contributed by atoms with E-state index < -0.39 is 0 Å². The van der Waals surface area contributed by atoms with E-state index in [9.17, 15) is 9.18 Å². The first-order valence-corrected chi connectivity index (χ1v) is 9.95. The van der Waals surface area contributed by atoms with Gasteiger partial charge in [0.25, 0.3) is 0 Å². The van der Waals surface area contributed by atoms with Crippen LogP contribution in [0.5, 0.6) is 5.75 Å². The van der Waals surface area contributed by atoms with E-state index in [2.05, 4.69) is 22.1 Å². The number of ether oxygens (including phenoxy) is 1. The van der Waals surface area contributed by atoms with Crippen LogP contribution in [-0.2, 0) is 17.9 Å². The highest BCUT2D eigenvalue weighted by atomic mass is 32.2. The number of hydrogen-bond acceptors (Lipinski definition) is 5. The molecule has 0 fully saturated rings. The summed E-state index contributed by atoms with van der Waals surface area (Å²) in [4.78, 5) is 12.2. The molecule has 1 amide bonds. The van der Waals surface area contributed by atoms with Gasteiger partial charge < -0.3 is 10.1 Å². The van der Waals surface area contributed by atoms with Crippen LogP contribution in [0.2, 0.25) is 0 Å². The zero-order chi connectivity index (χ0) is 20.6. The molecule has 0 spiro atoms. The van der Waals surface area contributed by atoms with E-state index in [-0.39, 0.29) is 24.1 Å². The van der Waals surface area contributed by atoms with Crippen molar-refractivity contribution < 1.29 is 13.9 Å². The van der Waals surface area contributed by atoms with Gasteiger partial charge in [0.05, 0.1) is 5.75 Å². The number of aryl methyl sites for hydroxylation is 1. The van der Waals surface area contributed by atoms with Gasteiger partial charge in [0.15, 0.2) is 11.0 Å². The minimum atomic E-state index is -0.352. The smallest absolute Gasteiger partial charge is 0.234 e. The fraction of sp³-hybridized carbons (Fsp3) is 0.190. The molecule has 0 aliphatic rings. The molecule has 0 bridgehead atoms. The number of anilines is 1. The number of halogens is 1. The van der Waals surface area contributed by atoms with Crippen molar-refractivity contribution in [1.82, 2.24) is 14.8 Å². The second-order valence-electron chi connectivity index (χ2n) is 6.20. The summed E-state index contributed by atoms with van der Waals surface area (Å²) in [5.41, 5.74) is 1.58. The Morgan fingerprint density at radius 2 is 2.00 bits per heavy atom. The summed E-state index contributed by atoms with van der Waals surface area (Å²) >= 11 is 1.26. The van der Waals surface area contributed by atoms with Crippen molar-refractivity contribution in [3.05, 3.63) is 78.4 Å². The molecule has 0 aliphatic carbocycles. The van der Waals surface area contributed by atoms with Crippen molar-refractivity contribution in [2.45, 2.75) is 25.2 Å². The molecule has 1 aromatic heterocycles. The van der Waals surface area contributed by atoms with Gasteiger partial charge in [-0.25, -0.2) is 4.39 Å². The number of para-hydroxylation sites is 1. The highest BCUT2D eigenvalue weighted by molar-refractivity contribution is 7.99. The van der Waals surface area contributed by atoms with Crippen LogP contribution in [0.15, 0.2) is 66.3 Å². The monoisotopic (exact) mass is 412 g/mol. The number of allylic oxidation sites excluding steroid dienone is 1. The number of carbonyl (C=O) groups excluding carboxylic acids is 1. The van der Waals surface area contributed by atoms with Crippen LogP contribution in [0.4, 0.5) is 10.1 Å². The SMILES string of the molecule is C=CCn1c(COc2ccccc2C)nnc1SCC(=O)Nc1ccc(F)cc1. The highest BCUT2D eigenvalue weighted by Crippen LogP contribution is 2.21. The molecular formula is C21H21FN4O2S. The van der Waals surface area contributed by atoms with Crippen LogP contribution in [0.25, 0.3) is 0 Å². The summed E-state index contributed by atoms with van der Waals surface area (Å²) in [6.07, 6.45) is 1.74. The normalized spacial score (nSPS) is 10.6. The van der Waals surface area contributed by atoms with Crippen molar-refractivity contribution in [1.29, 1.82) is 0 Å². The third-order valence-corrected chi connectivity index (χ3v) is 4.98. The molecule has 3 rings (SSSR count). The first-order chi connectivity index (χ1) is 14.1. The van der Waals surface area contributed by atoms with E-state index in [4.69, 9.17) is 4.74 Å². The molecule has 0 saturated heterocycles. The molecule has 0 radical (unpaired) electrons. The van der Waals surface area contributed by atoms with E-state index >= 15 is 0 Å². The fourth-order valence-corrected chi connectivity index (χ4v) is 3.33. The number of rotatable bonds is 9. The standard InChI is InChI=1S/C21H21FN4O2S/c1-3-12-26-19(13-28-18-7-5-4-6-15(18)2)24-25-21(26)29-14-20(27)23-17-10-8-16(22)9-11-17/h3-11H,1,12-14H2,2H3,(H,23,27). The number of nitrogens with one attached hydrogen (secondary N) is 1. The number of carbonyl (C=O) groups is 1. The third-order valence-electron chi connectivity index (χ3n) is 4.02. The molecule has 3 aromatic rings. The number of thioether (sulfide) groups is 1.